The SMILES string of the molecule is CC(C)NC(=O)C(Cc1ccccc1)N(Cc1cccc(Cl)c1)C(=O)CN(c1ccc(Cl)cc1)S(C)(=O)=O. The maximum absolute atomic E-state index is 13.9. The van der Waals surface area contributed by atoms with Crippen molar-refractivity contribution in [2.24, 2.45) is 0 Å². The molecule has 38 heavy (non-hydrogen) atoms. The van der Waals surface area contributed by atoms with Gasteiger partial charge in [0, 0.05) is 29.1 Å². The largest absolute Gasteiger partial charge is 0.352 e. The standard InChI is InChI=1S/C28H31Cl2N3O4S/c1-20(2)31-28(35)26(17-21-8-5-4-6-9-21)32(18-22-10-7-11-24(30)16-22)27(34)19-33(38(3,36)37)25-14-12-23(29)13-15-25/h4-16,20,26H,17-19H2,1-3H3,(H,31,35). The Bertz CT molecular complexity index is 1350. The minimum absolute atomic E-state index is 0.0562. The van der Waals surface area contributed by atoms with Gasteiger partial charge in [0.25, 0.3) is 0 Å². The maximum Gasteiger partial charge on any atom is 0.244 e. The van der Waals surface area contributed by atoms with Crippen LogP contribution in [0.1, 0.15) is 25.0 Å². The molecule has 3 rings (SSSR count). The highest BCUT2D eigenvalue weighted by atomic mass is 35.5. The van der Waals surface area contributed by atoms with Gasteiger partial charge in [-0.3, -0.25) is 13.9 Å². The minimum atomic E-state index is -3.84. The average Bonchev–Trinajstić information content (AvgIpc) is 2.85. The highest BCUT2D eigenvalue weighted by Gasteiger charge is 2.33. The average molecular weight is 577 g/mol. The molecule has 2 amide bonds. The molecule has 7 nitrogen and oxygen atoms in total. The molecular formula is C28H31Cl2N3O4S. The lowest BCUT2D eigenvalue weighted by Crippen LogP contribution is -2.54. The number of anilines is 1. The van der Waals surface area contributed by atoms with Gasteiger partial charge in [0.1, 0.15) is 12.6 Å². The van der Waals surface area contributed by atoms with Crippen LogP contribution >= 0.6 is 23.2 Å². The monoisotopic (exact) mass is 575 g/mol. The van der Waals surface area contributed by atoms with Crippen molar-refractivity contribution in [2.75, 3.05) is 17.1 Å². The van der Waals surface area contributed by atoms with Gasteiger partial charge in [-0.1, -0.05) is 65.7 Å². The van der Waals surface area contributed by atoms with Crippen LogP contribution in [0.25, 0.3) is 0 Å². The predicted octanol–water partition coefficient (Wildman–Crippen LogP) is 4.92. The fourth-order valence-corrected chi connectivity index (χ4v) is 5.18. The number of hydrogen-bond donors (Lipinski definition) is 1. The van der Waals surface area contributed by atoms with Crippen LogP contribution in [0.5, 0.6) is 0 Å². The number of nitrogens with zero attached hydrogens (tertiary/aromatic N) is 2. The summed E-state index contributed by atoms with van der Waals surface area (Å²) >= 11 is 12.2. The number of carbonyl (C=O) groups is 2. The molecule has 3 aromatic rings. The topological polar surface area (TPSA) is 86.8 Å². The number of benzene rings is 3. The number of amides is 2. The quantitative estimate of drug-likeness (QED) is 0.351. The highest BCUT2D eigenvalue weighted by Crippen LogP contribution is 2.23. The molecule has 0 saturated carbocycles. The van der Waals surface area contributed by atoms with Crippen molar-refractivity contribution in [3.05, 3.63) is 100 Å². The van der Waals surface area contributed by atoms with Crippen molar-refractivity contribution in [3.63, 3.8) is 0 Å². The van der Waals surface area contributed by atoms with E-state index in [4.69, 9.17) is 23.2 Å². The van der Waals surface area contributed by atoms with Crippen LogP contribution in [0.2, 0.25) is 10.0 Å². The zero-order valence-corrected chi connectivity index (χ0v) is 23.8. The molecule has 3 aromatic carbocycles. The summed E-state index contributed by atoms with van der Waals surface area (Å²) in [6.07, 6.45) is 1.27. The van der Waals surface area contributed by atoms with Gasteiger partial charge < -0.3 is 10.2 Å². The first kappa shape index (κ1) is 29.5. The summed E-state index contributed by atoms with van der Waals surface area (Å²) in [5, 5.41) is 3.83. The molecule has 0 bridgehead atoms. The molecule has 0 aliphatic carbocycles. The Hall–Kier alpha value is -3.07. The molecule has 1 N–H and O–H groups in total. The summed E-state index contributed by atoms with van der Waals surface area (Å²) in [7, 11) is -3.84. The highest BCUT2D eigenvalue weighted by molar-refractivity contribution is 7.92. The molecule has 0 aliphatic heterocycles. The van der Waals surface area contributed by atoms with Crippen molar-refractivity contribution < 1.29 is 18.0 Å². The number of sulfonamides is 1. The smallest absolute Gasteiger partial charge is 0.244 e. The summed E-state index contributed by atoms with van der Waals surface area (Å²) < 4.78 is 26.5. The molecule has 10 heteroatoms. The Morgan fingerprint density at radius 1 is 0.868 bits per heavy atom. The summed E-state index contributed by atoms with van der Waals surface area (Å²) in [4.78, 5) is 28.8. The first-order valence-electron chi connectivity index (χ1n) is 12.1. The van der Waals surface area contributed by atoms with Crippen molar-refractivity contribution in [1.82, 2.24) is 10.2 Å². The normalized spacial score (nSPS) is 12.2. The van der Waals surface area contributed by atoms with Crippen LogP contribution in [-0.2, 0) is 32.6 Å². The van der Waals surface area contributed by atoms with E-state index in [0.717, 1.165) is 16.1 Å². The second-order valence-electron chi connectivity index (χ2n) is 9.27. The Kier molecular flexibility index (Phi) is 10.2. The molecule has 0 aromatic heterocycles. The molecule has 0 radical (unpaired) electrons. The third-order valence-electron chi connectivity index (χ3n) is 5.74. The number of halogens is 2. The van der Waals surface area contributed by atoms with Crippen molar-refractivity contribution in [3.8, 4) is 0 Å². The first-order valence-corrected chi connectivity index (χ1v) is 14.7. The minimum Gasteiger partial charge on any atom is -0.352 e. The van der Waals surface area contributed by atoms with E-state index >= 15 is 0 Å². The predicted molar refractivity (Wildman–Crippen MR) is 153 cm³/mol. The van der Waals surface area contributed by atoms with Crippen molar-refractivity contribution in [2.45, 2.75) is 38.9 Å². The first-order chi connectivity index (χ1) is 17.9. The Balaban J connectivity index is 2.05. The third kappa shape index (κ3) is 8.48. The van der Waals surface area contributed by atoms with E-state index in [9.17, 15) is 18.0 Å². The third-order valence-corrected chi connectivity index (χ3v) is 7.37. The molecule has 0 saturated heterocycles. The van der Waals surface area contributed by atoms with E-state index in [1.165, 1.54) is 17.0 Å². The maximum atomic E-state index is 13.9. The van der Waals surface area contributed by atoms with Crippen LogP contribution in [-0.4, -0.2) is 50.0 Å². The molecule has 202 valence electrons. The van der Waals surface area contributed by atoms with Gasteiger partial charge in [0.05, 0.1) is 11.9 Å². The second kappa shape index (κ2) is 13.1. The fraction of sp³-hybridized carbons (Fsp3) is 0.286. The fourth-order valence-electron chi connectivity index (χ4n) is 3.99. The lowest BCUT2D eigenvalue weighted by molar-refractivity contribution is -0.140. The number of carbonyl (C=O) groups excluding carboxylic acids is 2. The van der Waals surface area contributed by atoms with Crippen LogP contribution < -0.4 is 9.62 Å². The second-order valence-corrected chi connectivity index (χ2v) is 12.0. The zero-order chi connectivity index (χ0) is 27.9. The summed E-state index contributed by atoms with van der Waals surface area (Å²) in [6.45, 7) is 3.24. The Morgan fingerprint density at radius 2 is 1.50 bits per heavy atom. The summed E-state index contributed by atoms with van der Waals surface area (Å²) in [5.74, 6) is -0.873. The molecule has 0 fully saturated rings. The number of rotatable bonds is 11. The van der Waals surface area contributed by atoms with E-state index < -0.39 is 28.5 Å². The van der Waals surface area contributed by atoms with Crippen LogP contribution in [0.3, 0.4) is 0 Å². The lowest BCUT2D eigenvalue weighted by Gasteiger charge is -2.34. The van der Waals surface area contributed by atoms with Crippen molar-refractivity contribution in [1.29, 1.82) is 0 Å². The molecule has 0 aliphatic rings. The van der Waals surface area contributed by atoms with Gasteiger partial charge in [-0.2, -0.15) is 0 Å². The molecule has 0 heterocycles. The molecular weight excluding hydrogens is 545 g/mol. The summed E-state index contributed by atoms with van der Waals surface area (Å²) in [5.41, 5.74) is 1.86. The van der Waals surface area contributed by atoms with Crippen molar-refractivity contribution >= 4 is 50.7 Å². The van der Waals surface area contributed by atoms with Crippen LogP contribution in [0.4, 0.5) is 5.69 Å². The Morgan fingerprint density at radius 3 is 2.08 bits per heavy atom. The van der Waals surface area contributed by atoms with Gasteiger partial charge in [0.2, 0.25) is 21.8 Å². The van der Waals surface area contributed by atoms with Gasteiger partial charge in [-0.15, -0.1) is 0 Å². The number of hydrogen-bond acceptors (Lipinski definition) is 4. The van der Waals surface area contributed by atoms with Gasteiger partial charge in [0.15, 0.2) is 0 Å². The zero-order valence-electron chi connectivity index (χ0n) is 21.5. The van der Waals surface area contributed by atoms with E-state index in [1.807, 2.05) is 44.2 Å². The van der Waals surface area contributed by atoms with Crippen LogP contribution in [0.15, 0.2) is 78.9 Å². The number of nitrogens with one attached hydrogen (secondary N) is 1. The Labute approximate surface area is 234 Å². The van der Waals surface area contributed by atoms with E-state index in [0.29, 0.717) is 21.3 Å². The van der Waals surface area contributed by atoms with Crippen LogP contribution in [0, 0.1) is 0 Å². The molecule has 1 unspecified atom stereocenters. The molecule has 0 spiro atoms. The van der Waals surface area contributed by atoms with Gasteiger partial charge in [-0.25, -0.2) is 8.42 Å². The van der Waals surface area contributed by atoms with E-state index in [1.54, 1.807) is 36.4 Å². The van der Waals surface area contributed by atoms with E-state index in [2.05, 4.69) is 5.32 Å². The van der Waals surface area contributed by atoms with Gasteiger partial charge >= 0.3 is 0 Å². The van der Waals surface area contributed by atoms with Gasteiger partial charge in [-0.05, 0) is 61.4 Å². The summed E-state index contributed by atoms with van der Waals surface area (Å²) in [6, 6.07) is 21.5. The van der Waals surface area contributed by atoms with E-state index in [-0.39, 0.29) is 24.9 Å². The molecule has 1 atom stereocenters. The lowest BCUT2D eigenvalue weighted by atomic mass is 10.0.